The van der Waals surface area contributed by atoms with Crippen molar-refractivity contribution in [2.75, 3.05) is 17.3 Å². The minimum atomic E-state index is -0.771. The summed E-state index contributed by atoms with van der Waals surface area (Å²) in [5.41, 5.74) is 7.89. The highest BCUT2D eigenvalue weighted by Crippen LogP contribution is 2.11. The largest absolute Gasteiger partial charge is 0.348 e. The van der Waals surface area contributed by atoms with Crippen LogP contribution in [0.25, 0.3) is 0 Å². The number of rotatable bonds is 6. The third-order valence-electron chi connectivity index (χ3n) is 2.62. The predicted octanol–water partition coefficient (Wildman–Crippen LogP) is -2.50. The molecule has 2 rings (SSSR count). The molecular weight excluding hydrogens is 368 g/mol. The summed E-state index contributed by atoms with van der Waals surface area (Å²) < 4.78 is 8.93. The number of amides is 4. The fourth-order valence-corrected chi connectivity index (χ4v) is 1.53. The van der Waals surface area contributed by atoms with Gasteiger partial charge in [-0.25, -0.2) is 9.26 Å². The third-order valence-corrected chi connectivity index (χ3v) is 2.62. The summed E-state index contributed by atoms with van der Waals surface area (Å²) in [6, 6.07) is 0. The monoisotopic (exact) mass is 382 g/mol. The maximum absolute atomic E-state index is 11.8. The first-order valence-corrected chi connectivity index (χ1v) is 7.15. The van der Waals surface area contributed by atoms with Gasteiger partial charge in [0.05, 0.1) is 6.67 Å². The number of carbonyl (C=O) groups is 4. The Kier molecular flexibility index (Phi) is 6.18. The Labute approximate surface area is 149 Å². The van der Waals surface area contributed by atoms with Crippen molar-refractivity contribution in [1.29, 1.82) is 0 Å². The molecule has 0 aliphatic heterocycles. The first-order valence-electron chi connectivity index (χ1n) is 7.15. The lowest BCUT2D eigenvalue weighted by Gasteiger charge is -2.07. The molecule has 27 heavy (non-hydrogen) atoms. The van der Waals surface area contributed by atoms with Gasteiger partial charge in [0.2, 0.25) is 34.8 Å². The van der Waals surface area contributed by atoms with Gasteiger partial charge >= 0.3 is 0 Å². The molecule has 2 aromatic rings. The zero-order chi connectivity index (χ0) is 19.8. The van der Waals surface area contributed by atoms with Gasteiger partial charge in [0.25, 0.3) is 11.8 Å². The molecule has 0 unspecified atom stereocenters. The lowest BCUT2D eigenvalue weighted by molar-refractivity contribution is -0.120. The predicted molar refractivity (Wildman–Crippen MR) is 83.3 cm³/mol. The topological polar surface area (TPSA) is 218 Å². The number of aromatic nitrogens is 4. The fourth-order valence-electron chi connectivity index (χ4n) is 1.53. The number of carbonyl (C=O) groups excluding carboxylic acids is 4. The molecule has 0 fully saturated rings. The molecule has 0 saturated heterocycles. The smallest absolute Gasteiger partial charge is 0.295 e. The Bertz CT molecular complexity index is 776. The van der Waals surface area contributed by atoms with E-state index in [4.69, 9.17) is 0 Å². The Morgan fingerprint density at radius 2 is 1.11 bits per heavy atom. The second-order valence-electron chi connectivity index (χ2n) is 4.72. The summed E-state index contributed by atoms with van der Waals surface area (Å²) in [6.07, 6.45) is 0. The highest BCUT2D eigenvalue weighted by molar-refractivity contribution is 5.98. The molecule has 4 amide bonds. The van der Waals surface area contributed by atoms with Crippen LogP contribution < -0.4 is 32.3 Å². The van der Waals surface area contributed by atoms with Crippen LogP contribution in [0.2, 0.25) is 0 Å². The highest BCUT2D eigenvalue weighted by Gasteiger charge is 2.20. The summed E-state index contributed by atoms with van der Waals surface area (Å²) in [5.74, 6) is -2.61. The van der Waals surface area contributed by atoms with Gasteiger partial charge in [-0.2, -0.15) is 0 Å². The summed E-state index contributed by atoms with van der Waals surface area (Å²) in [6.45, 7) is 2.31. The minimum Gasteiger partial charge on any atom is -0.348 e. The number of nitrogens with one attached hydrogen (secondary N) is 6. The molecule has 2 heterocycles. The van der Waals surface area contributed by atoms with Gasteiger partial charge in [-0.1, -0.05) is 0 Å². The lowest BCUT2D eigenvalue weighted by atomic mass is 10.4. The minimum absolute atomic E-state index is 0.0500. The Balaban J connectivity index is 1.91. The number of hydrogen-bond donors (Lipinski definition) is 6. The molecule has 144 valence electrons. The van der Waals surface area contributed by atoms with Gasteiger partial charge in [0.15, 0.2) is 0 Å². The Morgan fingerprint density at radius 3 is 1.48 bits per heavy atom. The SMILES string of the molecule is CC(=O)NNC(=O)c1nonc1NCNc1nonc1C(=O)NNC(C)=O. The zero-order valence-electron chi connectivity index (χ0n) is 13.9. The third kappa shape index (κ3) is 5.37. The van der Waals surface area contributed by atoms with Gasteiger partial charge in [-0.3, -0.25) is 40.9 Å². The summed E-state index contributed by atoms with van der Waals surface area (Å²) >= 11 is 0. The normalized spacial score (nSPS) is 9.85. The Morgan fingerprint density at radius 1 is 0.704 bits per heavy atom. The maximum Gasteiger partial charge on any atom is 0.295 e. The maximum atomic E-state index is 11.8. The van der Waals surface area contributed by atoms with Crippen LogP contribution in [0.4, 0.5) is 11.6 Å². The van der Waals surface area contributed by atoms with E-state index in [9.17, 15) is 19.2 Å². The second kappa shape index (κ2) is 8.74. The van der Waals surface area contributed by atoms with E-state index in [0.29, 0.717) is 0 Å². The van der Waals surface area contributed by atoms with Crippen LogP contribution in [0.15, 0.2) is 9.26 Å². The molecule has 0 radical (unpaired) electrons. The second-order valence-corrected chi connectivity index (χ2v) is 4.72. The number of hydrogen-bond acceptors (Lipinski definition) is 12. The first kappa shape index (κ1) is 19.1. The van der Waals surface area contributed by atoms with Gasteiger partial charge in [-0.05, 0) is 20.6 Å². The summed E-state index contributed by atoms with van der Waals surface area (Å²) in [4.78, 5) is 45.2. The van der Waals surface area contributed by atoms with E-state index in [1.807, 2.05) is 0 Å². The van der Waals surface area contributed by atoms with E-state index in [1.165, 1.54) is 13.8 Å². The van der Waals surface area contributed by atoms with Crippen molar-refractivity contribution >= 4 is 35.3 Å². The summed E-state index contributed by atoms with van der Waals surface area (Å²) in [7, 11) is 0. The van der Waals surface area contributed by atoms with Crippen LogP contribution >= 0.6 is 0 Å². The standard InChI is InChI=1S/C11H14N10O6/c1-4(22)14-16-10(24)6-8(20-26-18-6)12-3-13-9-7(19-27-21-9)11(25)17-15-5(2)23/h3H2,1-2H3,(H,12,20)(H,13,21)(H,14,22)(H,15,23)(H,16,24)(H,17,25). The molecule has 16 heteroatoms. The number of hydrazine groups is 2. The van der Waals surface area contributed by atoms with Crippen LogP contribution in [-0.2, 0) is 9.59 Å². The molecule has 2 aromatic heterocycles. The van der Waals surface area contributed by atoms with Crippen LogP contribution in [0.1, 0.15) is 34.8 Å². The van der Waals surface area contributed by atoms with Crippen molar-refractivity contribution in [2.24, 2.45) is 0 Å². The molecule has 6 N–H and O–H groups in total. The number of nitrogens with zero attached hydrogens (tertiary/aromatic N) is 4. The van der Waals surface area contributed by atoms with Gasteiger partial charge in [0.1, 0.15) is 0 Å². The van der Waals surface area contributed by atoms with Gasteiger partial charge in [-0.15, -0.1) is 0 Å². The van der Waals surface area contributed by atoms with E-state index in [0.717, 1.165) is 0 Å². The van der Waals surface area contributed by atoms with Crippen molar-refractivity contribution < 1.29 is 28.4 Å². The molecule has 0 aliphatic carbocycles. The van der Waals surface area contributed by atoms with Crippen LogP contribution in [0, 0.1) is 0 Å². The van der Waals surface area contributed by atoms with E-state index in [-0.39, 0.29) is 29.7 Å². The molecule has 0 aromatic carbocycles. The average molecular weight is 382 g/mol. The highest BCUT2D eigenvalue weighted by atomic mass is 16.6. The van der Waals surface area contributed by atoms with Crippen molar-refractivity contribution in [1.82, 2.24) is 42.3 Å². The lowest BCUT2D eigenvalue weighted by Crippen LogP contribution is -2.41. The van der Waals surface area contributed by atoms with Gasteiger partial charge < -0.3 is 10.6 Å². The van der Waals surface area contributed by atoms with E-state index in [2.05, 4.69) is 62.2 Å². The van der Waals surface area contributed by atoms with Crippen molar-refractivity contribution in [3.63, 3.8) is 0 Å². The van der Waals surface area contributed by atoms with Crippen molar-refractivity contribution in [2.45, 2.75) is 13.8 Å². The molecule has 0 atom stereocenters. The van der Waals surface area contributed by atoms with E-state index in [1.54, 1.807) is 0 Å². The van der Waals surface area contributed by atoms with Crippen molar-refractivity contribution in [3.05, 3.63) is 11.4 Å². The van der Waals surface area contributed by atoms with Crippen molar-refractivity contribution in [3.8, 4) is 0 Å². The Hall–Kier alpha value is -4.24. The van der Waals surface area contributed by atoms with Crippen LogP contribution in [0.5, 0.6) is 0 Å². The quantitative estimate of drug-likeness (QED) is 0.225. The molecule has 0 spiro atoms. The van der Waals surface area contributed by atoms with E-state index < -0.39 is 23.6 Å². The van der Waals surface area contributed by atoms with Crippen LogP contribution in [-0.4, -0.2) is 50.9 Å². The summed E-state index contributed by atoms with van der Waals surface area (Å²) in [5, 5.41) is 19.1. The first-order chi connectivity index (χ1) is 12.9. The van der Waals surface area contributed by atoms with E-state index >= 15 is 0 Å². The molecule has 0 aliphatic rings. The number of anilines is 2. The molecule has 0 bridgehead atoms. The van der Waals surface area contributed by atoms with Gasteiger partial charge in [0, 0.05) is 13.8 Å². The molecule has 0 saturated carbocycles. The fraction of sp³-hybridized carbons (Fsp3) is 0.273. The molecular formula is C11H14N10O6. The van der Waals surface area contributed by atoms with Crippen LogP contribution in [0.3, 0.4) is 0 Å². The zero-order valence-corrected chi connectivity index (χ0v) is 13.9. The average Bonchev–Trinajstić information content (AvgIpc) is 3.27. The molecule has 16 nitrogen and oxygen atoms in total.